The Kier molecular flexibility index (Phi) is 7.27. The van der Waals surface area contributed by atoms with Crippen molar-refractivity contribution in [2.24, 2.45) is 0 Å². The van der Waals surface area contributed by atoms with Gasteiger partial charge in [0.2, 0.25) is 5.95 Å². The summed E-state index contributed by atoms with van der Waals surface area (Å²) in [7, 11) is -3.90. The van der Waals surface area contributed by atoms with Crippen LogP contribution in [0.15, 0.2) is 70.0 Å². The van der Waals surface area contributed by atoms with E-state index in [1.807, 2.05) is 13.0 Å². The van der Waals surface area contributed by atoms with Crippen LogP contribution >= 0.6 is 11.6 Å². The van der Waals surface area contributed by atoms with E-state index in [2.05, 4.69) is 20.0 Å². The standard InChI is InChI=1S/C25H23ClN4O5S/c1-15-12-19(6-10-22(15)26)34-14-20-7-11-23(35-20)24(31)29-18-4-8-21(9-5-18)36(32,33)30-25-27-16(2)13-17(3)28-25/h4-13H,14H2,1-3H3,(H,29,31)(H,27,28,30). The van der Waals surface area contributed by atoms with E-state index < -0.39 is 15.9 Å². The number of nitrogens with zero attached hydrogens (tertiary/aromatic N) is 2. The molecule has 0 atom stereocenters. The predicted octanol–water partition coefficient (Wildman–Crippen LogP) is 5.28. The Morgan fingerprint density at radius 2 is 1.67 bits per heavy atom. The molecule has 2 aromatic heterocycles. The second kappa shape index (κ2) is 10.4. The molecule has 1 amide bonds. The van der Waals surface area contributed by atoms with Crippen molar-refractivity contribution in [2.45, 2.75) is 32.3 Å². The monoisotopic (exact) mass is 526 g/mol. The number of sulfonamides is 1. The third-order valence-electron chi connectivity index (χ3n) is 5.03. The first-order valence-electron chi connectivity index (χ1n) is 10.8. The Morgan fingerprint density at radius 3 is 2.33 bits per heavy atom. The van der Waals surface area contributed by atoms with Crippen LogP contribution in [0.4, 0.5) is 11.6 Å². The van der Waals surface area contributed by atoms with Gasteiger partial charge in [-0.25, -0.2) is 23.1 Å². The average molecular weight is 527 g/mol. The summed E-state index contributed by atoms with van der Waals surface area (Å²) in [5.74, 6) is 0.697. The lowest BCUT2D eigenvalue weighted by molar-refractivity contribution is 0.0992. The number of benzene rings is 2. The summed E-state index contributed by atoms with van der Waals surface area (Å²) in [6.45, 7) is 5.51. The van der Waals surface area contributed by atoms with Crippen LogP contribution in [0, 0.1) is 20.8 Å². The summed E-state index contributed by atoms with van der Waals surface area (Å²) in [5.41, 5.74) is 2.58. The number of carbonyl (C=O) groups is 1. The van der Waals surface area contributed by atoms with Crippen LogP contribution in [-0.2, 0) is 16.6 Å². The Balaban J connectivity index is 1.37. The number of rotatable bonds is 8. The van der Waals surface area contributed by atoms with Crippen molar-refractivity contribution in [3.8, 4) is 5.75 Å². The molecule has 0 fully saturated rings. The number of aryl methyl sites for hydroxylation is 3. The molecule has 2 heterocycles. The van der Waals surface area contributed by atoms with Crippen LogP contribution in [0.1, 0.15) is 33.3 Å². The molecule has 0 aliphatic heterocycles. The highest BCUT2D eigenvalue weighted by atomic mass is 35.5. The molecule has 4 aromatic rings. The smallest absolute Gasteiger partial charge is 0.291 e. The van der Waals surface area contributed by atoms with Crippen molar-refractivity contribution in [3.05, 3.63) is 94.2 Å². The van der Waals surface area contributed by atoms with Gasteiger partial charge in [-0.05, 0) is 87.0 Å². The summed E-state index contributed by atoms with van der Waals surface area (Å²) in [6, 6.07) is 15.9. The minimum Gasteiger partial charge on any atom is -0.486 e. The quantitative estimate of drug-likeness (QED) is 0.320. The molecular formula is C25H23ClN4O5S. The fraction of sp³-hybridized carbons (Fsp3) is 0.160. The molecule has 186 valence electrons. The van der Waals surface area contributed by atoms with E-state index in [-0.39, 0.29) is 23.2 Å². The lowest BCUT2D eigenvalue weighted by Crippen LogP contribution is -2.16. The van der Waals surface area contributed by atoms with Gasteiger partial charge in [-0.1, -0.05) is 11.6 Å². The second-order valence-electron chi connectivity index (χ2n) is 8.02. The Bertz CT molecular complexity index is 1500. The molecule has 2 N–H and O–H groups in total. The lowest BCUT2D eigenvalue weighted by Gasteiger charge is -2.09. The van der Waals surface area contributed by atoms with E-state index in [0.29, 0.717) is 33.6 Å². The maximum absolute atomic E-state index is 12.7. The largest absolute Gasteiger partial charge is 0.486 e. The minimum absolute atomic E-state index is 0.00173. The van der Waals surface area contributed by atoms with Crippen molar-refractivity contribution in [3.63, 3.8) is 0 Å². The van der Waals surface area contributed by atoms with E-state index in [4.69, 9.17) is 20.8 Å². The molecule has 0 spiro atoms. The molecule has 0 unspecified atom stereocenters. The fourth-order valence-electron chi connectivity index (χ4n) is 3.30. The van der Waals surface area contributed by atoms with Gasteiger partial charge in [-0.15, -0.1) is 0 Å². The molecule has 9 nitrogen and oxygen atoms in total. The van der Waals surface area contributed by atoms with Crippen LogP contribution in [-0.4, -0.2) is 24.3 Å². The maximum atomic E-state index is 12.7. The first-order chi connectivity index (χ1) is 17.1. The number of carbonyl (C=O) groups excluding carboxylic acids is 1. The van der Waals surface area contributed by atoms with E-state index in [1.165, 1.54) is 30.3 Å². The normalized spacial score (nSPS) is 11.2. The molecule has 11 heteroatoms. The van der Waals surface area contributed by atoms with Crippen LogP contribution in [0.25, 0.3) is 0 Å². The van der Waals surface area contributed by atoms with Gasteiger partial charge in [0.05, 0.1) is 4.90 Å². The number of furan rings is 1. The average Bonchev–Trinajstić information content (AvgIpc) is 3.28. The predicted molar refractivity (Wildman–Crippen MR) is 136 cm³/mol. The van der Waals surface area contributed by atoms with E-state index >= 15 is 0 Å². The first-order valence-corrected chi connectivity index (χ1v) is 12.7. The van der Waals surface area contributed by atoms with Gasteiger partial charge in [0.25, 0.3) is 15.9 Å². The summed E-state index contributed by atoms with van der Waals surface area (Å²) in [4.78, 5) is 20.7. The van der Waals surface area contributed by atoms with E-state index in [1.54, 1.807) is 38.1 Å². The van der Waals surface area contributed by atoms with Crippen LogP contribution < -0.4 is 14.8 Å². The Hall–Kier alpha value is -3.89. The van der Waals surface area contributed by atoms with Crippen molar-refractivity contribution >= 4 is 39.2 Å². The molecule has 0 saturated heterocycles. The van der Waals surface area contributed by atoms with E-state index in [0.717, 1.165) is 5.56 Å². The van der Waals surface area contributed by atoms with Gasteiger partial charge in [0, 0.05) is 22.1 Å². The summed E-state index contributed by atoms with van der Waals surface area (Å²) in [5, 5.41) is 3.32. The van der Waals surface area contributed by atoms with Gasteiger partial charge in [0.15, 0.2) is 5.76 Å². The zero-order valence-electron chi connectivity index (χ0n) is 19.7. The van der Waals surface area contributed by atoms with Gasteiger partial charge >= 0.3 is 0 Å². The third kappa shape index (κ3) is 6.21. The molecule has 2 aromatic carbocycles. The van der Waals surface area contributed by atoms with Gasteiger partial charge < -0.3 is 14.5 Å². The highest BCUT2D eigenvalue weighted by molar-refractivity contribution is 7.92. The summed E-state index contributed by atoms with van der Waals surface area (Å²) >= 11 is 6.02. The van der Waals surface area contributed by atoms with Crippen LogP contribution in [0.2, 0.25) is 5.02 Å². The number of amides is 1. The second-order valence-corrected chi connectivity index (χ2v) is 10.1. The number of aromatic nitrogens is 2. The first kappa shape index (κ1) is 25.2. The van der Waals surface area contributed by atoms with Crippen LogP contribution in [0.5, 0.6) is 5.75 Å². The topological polar surface area (TPSA) is 123 Å². The Labute approximate surface area is 213 Å². The molecule has 0 radical (unpaired) electrons. The zero-order valence-corrected chi connectivity index (χ0v) is 21.3. The molecular weight excluding hydrogens is 504 g/mol. The fourth-order valence-corrected chi connectivity index (χ4v) is 4.36. The molecule has 0 bridgehead atoms. The highest BCUT2D eigenvalue weighted by Gasteiger charge is 2.17. The molecule has 4 rings (SSSR count). The highest BCUT2D eigenvalue weighted by Crippen LogP contribution is 2.23. The number of ether oxygens (including phenoxy) is 1. The van der Waals surface area contributed by atoms with Crippen molar-refractivity contribution in [2.75, 3.05) is 10.0 Å². The zero-order chi connectivity index (χ0) is 25.9. The number of nitrogens with one attached hydrogen (secondary N) is 2. The van der Waals surface area contributed by atoms with Crippen molar-refractivity contribution < 1.29 is 22.4 Å². The summed E-state index contributed by atoms with van der Waals surface area (Å²) in [6.07, 6.45) is 0. The molecule has 36 heavy (non-hydrogen) atoms. The van der Waals surface area contributed by atoms with Crippen molar-refractivity contribution in [1.82, 2.24) is 9.97 Å². The lowest BCUT2D eigenvalue weighted by atomic mass is 10.2. The minimum atomic E-state index is -3.90. The third-order valence-corrected chi connectivity index (χ3v) is 6.79. The van der Waals surface area contributed by atoms with Gasteiger partial charge in [-0.2, -0.15) is 0 Å². The number of anilines is 2. The maximum Gasteiger partial charge on any atom is 0.291 e. The van der Waals surface area contributed by atoms with E-state index in [9.17, 15) is 13.2 Å². The number of halogens is 1. The van der Waals surface area contributed by atoms with Crippen molar-refractivity contribution in [1.29, 1.82) is 0 Å². The number of hydrogen-bond donors (Lipinski definition) is 2. The van der Waals surface area contributed by atoms with Crippen LogP contribution in [0.3, 0.4) is 0 Å². The number of hydrogen-bond acceptors (Lipinski definition) is 7. The Morgan fingerprint density at radius 1 is 0.972 bits per heavy atom. The molecule has 0 aliphatic carbocycles. The molecule has 0 aliphatic rings. The van der Waals surface area contributed by atoms with Gasteiger partial charge in [0.1, 0.15) is 18.1 Å². The van der Waals surface area contributed by atoms with Gasteiger partial charge in [-0.3, -0.25) is 4.79 Å². The molecule has 0 saturated carbocycles. The summed E-state index contributed by atoms with van der Waals surface area (Å²) < 4.78 is 39.0. The SMILES string of the molecule is Cc1cc(C)nc(NS(=O)(=O)c2ccc(NC(=O)c3ccc(COc4ccc(Cl)c(C)c4)o3)cc2)n1.